The van der Waals surface area contributed by atoms with E-state index >= 15 is 0 Å². The van der Waals surface area contributed by atoms with Crippen LogP contribution in [0.2, 0.25) is 0 Å². The van der Waals surface area contributed by atoms with Crippen LogP contribution in [0.3, 0.4) is 0 Å². The van der Waals surface area contributed by atoms with Crippen molar-refractivity contribution >= 4 is 5.95 Å². The Morgan fingerprint density at radius 2 is 2.11 bits per heavy atom. The first-order valence-corrected chi connectivity index (χ1v) is 6.78. The zero-order chi connectivity index (χ0) is 13.8. The Kier molecular flexibility index (Phi) is 9.05. The Morgan fingerprint density at radius 1 is 1.21 bits per heavy atom. The van der Waals surface area contributed by atoms with E-state index in [9.17, 15) is 0 Å². The quantitative estimate of drug-likeness (QED) is 0.582. The predicted octanol–water partition coefficient (Wildman–Crippen LogP) is 1.38. The molecule has 1 aromatic heterocycles. The van der Waals surface area contributed by atoms with E-state index in [4.69, 9.17) is 14.2 Å². The lowest BCUT2D eigenvalue weighted by atomic mass is 10.4. The van der Waals surface area contributed by atoms with E-state index in [0.29, 0.717) is 19.8 Å². The topological polar surface area (TPSA) is 57.5 Å². The van der Waals surface area contributed by atoms with Gasteiger partial charge >= 0.3 is 0 Å². The lowest BCUT2D eigenvalue weighted by Gasteiger charge is -2.10. The van der Waals surface area contributed by atoms with E-state index in [1.165, 1.54) is 0 Å². The second kappa shape index (κ2) is 10.8. The lowest BCUT2D eigenvalue weighted by molar-refractivity contribution is 0.0668. The zero-order valence-electron chi connectivity index (χ0n) is 11.9. The van der Waals surface area contributed by atoms with E-state index in [-0.39, 0.29) is 0 Å². The Labute approximate surface area is 115 Å². The van der Waals surface area contributed by atoms with Gasteiger partial charge in [0.15, 0.2) is 0 Å². The van der Waals surface area contributed by atoms with Crippen molar-refractivity contribution in [2.75, 3.05) is 52.0 Å². The molecule has 0 bridgehead atoms. The number of ether oxygens (including phenoxy) is 3. The van der Waals surface area contributed by atoms with E-state index in [0.717, 1.165) is 38.7 Å². The number of methoxy groups -OCH3 is 1. The maximum absolute atomic E-state index is 5.44. The predicted molar refractivity (Wildman–Crippen MR) is 74.5 cm³/mol. The van der Waals surface area contributed by atoms with Gasteiger partial charge in [-0.15, -0.1) is 0 Å². The molecule has 6 nitrogen and oxygen atoms in total. The first kappa shape index (κ1) is 15.9. The second-order valence-electron chi connectivity index (χ2n) is 4.03. The van der Waals surface area contributed by atoms with Crippen LogP contribution in [-0.4, -0.2) is 56.2 Å². The van der Waals surface area contributed by atoms with Gasteiger partial charge in [0, 0.05) is 45.8 Å². The molecule has 0 amide bonds. The average Bonchev–Trinajstić information content (AvgIpc) is 2.86. The largest absolute Gasteiger partial charge is 0.382 e. The van der Waals surface area contributed by atoms with Crippen LogP contribution in [0.4, 0.5) is 5.95 Å². The molecule has 0 unspecified atom stereocenters. The SMILES string of the molecule is CCOCCCNc1nccn1CCOCCOC. The minimum absolute atomic E-state index is 0.627. The van der Waals surface area contributed by atoms with Crippen LogP contribution in [0.25, 0.3) is 0 Å². The number of rotatable bonds is 12. The third kappa shape index (κ3) is 7.15. The summed E-state index contributed by atoms with van der Waals surface area (Å²) in [5.74, 6) is 0.881. The van der Waals surface area contributed by atoms with Gasteiger partial charge in [-0.05, 0) is 13.3 Å². The van der Waals surface area contributed by atoms with Crippen LogP contribution >= 0.6 is 0 Å². The lowest BCUT2D eigenvalue weighted by Crippen LogP contribution is -2.13. The molecule has 0 fully saturated rings. The zero-order valence-corrected chi connectivity index (χ0v) is 11.9. The second-order valence-corrected chi connectivity index (χ2v) is 4.03. The molecular formula is C13H25N3O3. The van der Waals surface area contributed by atoms with Crippen molar-refractivity contribution in [2.24, 2.45) is 0 Å². The molecule has 0 aliphatic heterocycles. The van der Waals surface area contributed by atoms with Gasteiger partial charge in [-0.1, -0.05) is 0 Å². The van der Waals surface area contributed by atoms with Gasteiger partial charge in [0.1, 0.15) is 0 Å². The van der Waals surface area contributed by atoms with Crippen LogP contribution in [-0.2, 0) is 20.8 Å². The van der Waals surface area contributed by atoms with Gasteiger partial charge in [-0.2, -0.15) is 0 Å². The van der Waals surface area contributed by atoms with E-state index in [2.05, 4.69) is 10.3 Å². The number of imidazole rings is 1. The fourth-order valence-corrected chi connectivity index (χ4v) is 1.58. The highest BCUT2D eigenvalue weighted by Crippen LogP contribution is 2.04. The molecule has 0 saturated heterocycles. The van der Waals surface area contributed by atoms with Gasteiger partial charge in [-0.3, -0.25) is 0 Å². The highest BCUT2D eigenvalue weighted by atomic mass is 16.5. The molecule has 1 rings (SSSR count). The molecule has 0 atom stereocenters. The first-order valence-electron chi connectivity index (χ1n) is 6.78. The summed E-state index contributed by atoms with van der Waals surface area (Å²) < 4.78 is 17.7. The van der Waals surface area contributed by atoms with Crippen molar-refractivity contribution in [3.05, 3.63) is 12.4 Å². The van der Waals surface area contributed by atoms with Gasteiger partial charge in [0.2, 0.25) is 5.95 Å². The third-order valence-corrected chi connectivity index (χ3v) is 2.58. The summed E-state index contributed by atoms with van der Waals surface area (Å²) in [4.78, 5) is 4.28. The number of aromatic nitrogens is 2. The van der Waals surface area contributed by atoms with Crippen molar-refractivity contribution in [3.63, 3.8) is 0 Å². The Bertz CT molecular complexity index is 289. The van der Waals surface area contributed by atoms with Crippen molar-refractivity contribution in [1.82, 2.24) is 9.55 Å². The molecule has 1 N–H and O–H groups in total. The van der Waals surface area contributed by atoms with E-state index < -0.39 is 0 Å². The highest BCUT2D eigenvalue weighted by Gasteiger charge is 2.01. The van der Waals surface area contributed by atoms with Crippen LogP contribution in [0.15, 0.2) is 12.4 Å². The molecule has 0 spiro atoms. The molecule has 1 heterocycles. The number of nitrogens with zero attached hydrogens (tertiary/aromatic N) is 2. The molecule has 1 aromatic rings. The number of nitrogens with one attached hydrogen (secondary N) is 1. The summed E-state index contributed by atoms with van der Waals surface area (Å²) in [5, 5.41) is 3.30. The normalized spacial score (nSPS) is 10.8. The maximum atomic E-state index is 5.44. The van der Waals surface area contributed by atoms with Crippen LogP contribution in [0.5, 0.6) is 0 Å². The molecule has 19 heavy (non-hydrogen) atoms. The van der Waals surface area contributed by atoms with Gasteiger partial charge < -0.3 is 24.1 Å². The van der Waals surface area contributed by atoms with Gasteiger partial charge in [0.25, 0.3) is 0 Å². The summed E-state index contributed by atoms with van der Waals surface area (Å²) in [6.07, 6.45) is 4.72. The minimum Gasteiger partial charge on any atom is -0.382 e. The summed E-state index contributed by atoms with van der Waals surface area (Å²) in [7, 11) is 1.67. The molecule has 0 aliphatic rings. The Balaban J connectivity index is 2.15. The van der Waals surface area contributed by atoms with E-state index in [1.54, 1.807) is 13.3 Å². The van der Waals surface area contributed by atoms with Gasteiger partial charge in [-0.25, -0.2) is 4.98 Å². The highest BCUT2D eigenvalue weighted by molar-refractivity contribution is 5.25. The minimum atomic E-state index is 0.627. The smallest absolute Gasteiger partial charge is 0.202 e. The Hall–Kier alpha value is -1.11. The van der Waals surface area contributed by atoms with Crippen molar-refractivity contribution in [3.8, 4) is 0 Å². The maximum Gasteiger partial charge on any atom is 0.202 e. The first-order chi connectivity index (χ1) is 9.38. The summed E-state index contributed by atoms with van der Waals surface area (Å²) >= 11 is 0. The third-order valence-electron chi connectivity index (χ3n) is 2.58. The van der Waals surface area contributed by atoms with E-state index in [1.807, 2.05) is 17.7 Å². The fraction of sp³-hybridized carbons (Fsp3) is 0.769. The molecule has 0 saturated carbocycles. The molecule has 0 radical (unpaired) electrons. The summed E-state index contributed by atoms with van der Waals surface area (Å²) in [6.45, 7) is 7.13. The average molecular weight is 271 g/mol. The molecule has 110 valence electrons. The molecule has 0 aliphatic carbocycles. The molecule has 6 heteroatoms. The number of hydrogen-bond acceptors (Lipinski definition) is 5. The van der Waals surface area contributed by atoms with Crippen molar-refractivity contribution in [2.45, 2.75) is 19.9 Å². The fourth-order valence-electron chi connectivity index (χ4n) is 1.58. The number of anilines is 1. The number of hydrogen-bond donors (Lipinski definition) is 1. The standard InChI is InChI=1S/C13H25N3O3/c1-3-18-9-4-5-14-13-15-6-7-16(13)8-10-19-12-11-17-2/h6-7H,3-5,8-12H2,1-2H3,(H,14,15). The monoisotopic (exact) mass is 271 g/mol. The van der Waals surface area contributed by atoms with Crippen LogP contribution < -0.4 is 5.32 Å². The van der Waals surface area contributed by atoms with Crippen LogP contribution in [0, 0.1) is 0 Å². The molecular weight excluding hydrogens is 246 g/mol. The van der Waals surface area contributed by atoms with Crippen molar-refractivity contribution in [1.29, 1.82) is 0 Å². The summed E-state index contributed by atoms with van der Waals surface area (Å²) in [6, 6.07) is 0. The Morgan fingerprint density at radius 3 is 2.89 bits per heavy atom. The van der Waals surface area contributed by atoms with Crippen LogP contribution in [0.1, 0.15) is 13.3 Å². The van der Waals surface area contributed by atoms with Crippen molar-refractivity contribution < 1.29 is 14.2 Å². The van der Waals surface area contributed by atoms with Gasteiger partial charge in [0.05, 0.1) is 19.8 Å². The summed E-state index contributed by atoms with van der Waals surface area (Å²) in [5.41, 5.74) is 0. The molecule has 0 aromatic carbocycles.